The van der Waals surface area contributed by atoms with Gasteiger partial charge in [0, 0.05) is 0 Å². The maximum Gasteiger partial charge on any atom is 0.368 e. The quantitative estimate of drug-likeness (QED) is 0.775. The van der Waals surface area contributed by atoms with Gasteiger partial charge in [-0.1, -0.05) is 6.07 Å². The van der Waals surface area contributed by atoms with Crippen LogP contribution in [0.2, 0.25) is 0 Å². The molecule has 17 heavy (non-hydrogen) atoms. The number of hydrogen-bond acceptors (Lipinski definition) is 2. The number of nitrogens with one attached hydrogen (secondary N) is 1. The lowest BCUT2D eigenvalue weighted by atomic mass is 9.87. The number of hydrogen-bond donors (Lipinski definition) is 1. The molecule has 1 N–H and O–H groups in total. The van der Waals surface area contributed by atoms with E-state index in [1.54, 1.807) is 0 Å². The number of carbonyl (C=O) groups is 1. The molecule has 2 heterocycles. The molecule has 3 rings (SSSR count). The first-order valence-electron chi connectivity index (χ1n) is 6.07. The van der Waals surface area contributed by atoms with E-state index in [2.05, 4.69) is 21.4 Å². The highest BCUT2D eigenvalue weighted by atomic mass is 16.2. The predicted octanol–water partition coefficient (Wildman–Crippen LogP) is 0.835. The van der Waals surface area contributed by atoms with E-state index in [1.165, 1.54) is 5.56 Å². The molecule has 1 aromatic carbocycles. The summed E-state index contributed by atoms with van der Waals surface area (Å²) >= 11 is 0. The van der Waals surface area contributed by atoms with E-state index >= 15 is 0 Å². The Hall–Kier alpha value is -1.55. The van der Waals surface area contributed by atoms with Gasteiger partial charge < -0.3 is 5.32 Å². The fourth-order valence-electron chi connectivity index (χ4n) is 2.73. The molecule has 0 saturated carbocycles. The van der Waals surface area contributed by atoms with Crippen molar-refractivity contribution in [1.82, 2.24) is 5.32 Å². The molecule has 0 spiro atoms. The third-order valence-corrected chi connectivity index (χ3v) is 3.65. The first kappa shape index (κ1) is 10.6. The maximum absolute atomic E-state index is 11.2. The topological polar surface area (TPSA) is 53.8 Å². The van der Waals surface area contributed by atoms with E-state index in [-0.39, 0.29) is 6.03 Å². The van der Waals surface area contributed by atoms with Gasteiger partial charge in [-0.2, -0.15) is 9.98 Å². The highest BCUT2D eigenvalue weighted by molar-refractivity contribution is 5.77. The summed E-state index contributed by atoms with van der Waals surface area (Å²) in [7, 11) is 0. The van der Waals surface area contributed by atoms with Crippen LogP contribution in [0.5, 0.6) is 0 Å². The molecule has 88 valence electrons. The Kier molecular flexibility index (Phi) is 2.52. The van der Waals surface area contributed by atoms with Crippen LogP contribution in [0.1, 0.15) is 29.9 Å². The van der Waals surface area contributed by atoms with E-state index in [4.69, 9.17) is 0 Å². The van der Waals surface area contributed by atoms with Gasteiger partial charge >= 0.3 is 6.03 Å². The molecule has 0 aromatic heterocycles. The standard InChI is InChI=1S/C13H15N3O/c1-8-10(9-4-6-14-7-5-9)2-3-11-12(8)16-13(17)15-11/h2-3,9,14H,4-7H2,1H3. The lowest BCUT2D eigenvalue weighted by Gasteiger charge is -2.24. The molecule has 0 unspecified atom stereocenters. The van der Waals surface area contributed by atoms with Gasteiger partial charge in [-0.3, -0.25) is 0 Å². The van der Waals surface area contributed by atoms with Gasteiger partial charge in [0.15, 0.2) is 0 Å². The minimum absolute atomic E-state index is 0.370. The Morgan fingerprint density at radius 2 is 2.00 bits per heavy atom. The Bertz CT molecular complexity index is 585. The molecule has 0 radical (unpaired) electrons. The smallest absolute Gasteiger partial charge is 0.317 e. The summed E-state index contributed by atoms with van der Waals surface area (Å²) in [4.78, 5) is 19.1. The third-order valence-electron chi connectivity index (χ3n) is 3.65. The maximum atomic E-state index is 11.2. The van der Waals surface area contributed by atoms with Crippen LogP contribution in [0, 0.1) is 6.92 Å². The van der Waals surface area contributed by atoms with Crippen LogP contribution in [0.25, 0.3) is 0 Å². The van der Waals surface area contributed by atoms with Crippen LogP contribution < -0.4 is 16.0 Å². The summed E-state index contributed by atoms with van der Waals surface area (Å²) in [5.74, 6) is 0.590. The number of piperidine rings is 1. The Labute approximate surface area is 99.5 Å². The summed E-state index contributed by atoms with van der Waals surface area (Å²) in [5.41, 5.74) is 2.46. The molecule has 1 aromatic rings. The molecule has 0 aliphatic carbocycles. The highest BCUT2D eigenvalue weighted by Gasteiger charge is 2.19. The Morgan fingerprint density at radius 3 is 2.76 bits per heavy atom. The molecule has 0 atom stereocenters. The van der Waals surface area contributed by atoms with E-state index in [0.717, 1.165) is 42.2 Å². The first-order chi connectivity index (χ1) is 8.25. The molecule has 1 saturated heterocycles. The summed E-state index contributed by atoms with van der Waals surface area (Å²) in [6.07, 6.45) is 2.31. The van der Waals surface area contributed by atoms with Crippen molar-refractivity contribution in [1.29, 1.82) is 0 Å². The number of nitrogens with zero attached hydrogens (tertiary/aromatic N) is 2. The molecule has 0 bridgehead atoms. The van der Waals surface area contributed by atoms with Gasteiger partial charge in [0.05, 0.1) is 10.7 Å². The molecule has 2 aliphatic heterocycles. The lowest BCUT2D eigenvalue weighted by Crippen LogP contribution is -2.30. The Morgan fingerprint density at radius 1 is 1.24 bits per heavy atom. The highest BCUT2D eigenvalue weighted by Crippen LogP contribution is 2.25. The van der Waals surface area contributed by atoms with Gasteiger partial charge in [0.2, 0.25) is 0 Å². The van der Waals surface area contributed by atoms with Gasteiger partial charge in [-0.15, -0.1) is 0 Å². The number of rotatable bonds is 1. The second kappa shape index (κ2) is 4.04. The average Bonchev–Trinajstić information content (AvgIpc) is 2.72. The summed E-state index contributed by atoms with van der Waals surface area (Å²) in [6.45, 7) is 4.19. The minimum atomic E-state index is -0.370. The Balaban J connectivity index is 2.09. The molecule has 1 fully saturated rings. The molecular formula is C13H15N3O. The fraction of sp³-hybridized carbons (Fsp3) is 0.462. The van der Waals surface area contributed by atoms with Crippen LogP contribution in [0.3, 0.4) is 0 Å². The first-order valence-corrected chi connectivity index (χ1v) is 6.07. The summed E-state index contributed by atoms with van der Waals surface area (Å²) in [5, 5.41) is 4.88. The molecule has 4 nitrogen and oxygen atoms in total. The summed E-state index contributed by atoms with van der Waals surface area (Å²) < 4.78 is 0. The van der Waals surface area contributed by atoms with Crippen molar-refractivity contribution in [3.8, 4) is 0 Å². The van der Waals surface area contributed by atoms with E-state index in [0.29, 0.717) is 5.92 Å². The SMILES string of the molecule is Cc1c(C2CCNCC2)ccc2c1=NC(=O)N=2. The number of benzene rings is 1. The monoisotopic (exact) mass is 229 g/mol. The lowest BCUT2D eigenvalue weighted by molar-refractivity contribution is 0.256. The zero-order chi connectivity index (χ0) is 11.8. The van der Waals surface area contributed by atoms with Crippen molar-refractivity contribution in [3.63, 3.8) is 0 Å². The van der Waals surface area contributed by atoms with Crippen molar-refractivity contribution < 1.29 is 4.79 Å². The minimum Gasteiger partial charge on any atom is -0.317 e. The van der Waals surface area contributed by atoms with Crippen molar-refractivity contribution >= 4 is 6.03 Å². The average molecular weight is 229 g/mol. The van der Waals surface area contributed by atoms with Crippen LogP contribution in [0.15, 0.2) is 22.1 Å². The number of amides is 2. The van der Waals surface area contributed by atoms with Crippen LogP contribution in [-0.2, 0) is 0 Å². The molecule has 2 amide bonds. The van der Waals surface area contributed by atoms with Gasteiger partial charge in [0.1, 0.15) is 0 Å². The zero-order valence-corrected chi connectivity index (χ0v) is 9.86. The van der Waals surface area contributed by atoms with E-state index < -0.39 is 0 Å². The van der Waals surface area contributed by atoms with Gasteiger partial charge in [0.25, 0.3) is 0 Å². The van der Waals surface area contributed by atoms with Gasteiger partial charge in [-0.25, -0.2) is 4.79 Å². The number of urea groups is 1. The van der Waals surface area contributed by atoms with Crippen molar-refractivity contribution in [3.05, 3.63) is 34.0 Å². The van der Waals surface area contributed by atoms with E-state index in [9.17, 15) is 4.79 Å². The number of carbonyl (C=O) groups excluding carboxylic acids is 1. The van der Waals surface area contributed by atoms with Crippen molar-refractivity contribution in [2.45, 2.75) is 25.7 Å². The normalized spacial score (nSPS) is 19.7. The second-order valence-electron chi connectivity index (χ2n) is 4.68. The number of fused-ring (bicyclic) bond motifs is 1. The van der Waals surface area contributed by atoms with Crippen molar-refractivity contribution in [2.24, 2.45) is 9.98 Å². The fourth-order valence-corrected chi connectivity index (χ4v) is 2.73. The van der Waals surface area contributed by atoms with Crippen LogP contribution in [0.4, 0.5) is 4.79 Å². The third kappa shape index (κ3) is 1.78. The largest absolute Gasteiger partial charge is 0.368 e. The van der Waals surface area contributed by atoms with Crippen molar-refractivity contribution in [2.75, 3.05) is 13.1 Å². The van der Waals surface area contributed by atoms with E-state index in [1.807, 2.05) is 13.0 Å². The molecular weight excluding hydrogens is 214 g/mol. The molecule has 4 heteroatoms. The van der Waals surface area contributed by atoms with Crippen LogP contribution >= 0.6 is 0 Å². The second-order valence-corrected chi connectivity index (χ2v) is 4.68. The molecule has 2 aliphatic rings. The summed E-state index contributed by atoms with van der Waals surface area (Å²) in [6, 6.07) is 3.67. The van der Waals surface area contributed by atoms with Gasteiger partial charge in [-0.05, 0) is 56.0 Å². The van der Waals surface area contributed by atoms with Crippen LogP contribution in [-0.4, -0.2) is 19.1 Å². The predicted molar refractivity (Wildman–Crippen MR) is 63.7 cm³/mol. The zero-order valence-electron chi connectivity index (χ0n) is 9.86.